The van der Waals surface area contributed by atoms with E-state index in [-0.39, 0.29) is 30.4 Å². The van der Waals surface area contributed by atoms with Crippen LogP contribution in [0, 0.1) is 12.3 Å². The van der Waals surface area contributed by atoms with Crippen LogP contribution in [0.4, 0.5) is 4.79 Å². The average molecular weight is 440 g/mol. The minimum absolute atomic E-state index is 0.0150. The topological polar surface area (TPSA) is 117 Å². The maximum absolute atomic E-state index is 12.8. The van der Waals surface area contributed by atoms with E-state index in [1.54, 1.807) is 12.1 Å². The molecule has 3 rings (SSSR count). The molecule has 2 heterocycles. The van der Waals surface area contributed by atoms with E-state index in [4.69, 9.17) is 25.1 Å². The zero-order valence-corrected chi connectivity index (χ0v) is 17.6. The van der Waals surface area contributed by atoms with Crippen molar-refractivity contribution in [2.24, 2.45) is 0 Å². The largest absolute Gasteiger partial charge is 0.493 e. The van der Waals surface area contributed by atoms with Gasteiger partial charge in [0.15, 0.2) is 11.5 Å². The Labute approximate surface area is 183 Å². The molecule has 2 aromatic rings. The van der Waals surface area contributed by atoms with Crippen molar-refractivity contribution in [2.45, 2.75) is 6.54 Å². The monoisotopic (exact) mass is 440 g/mol. The van der Waals surface area contributed by atoms with Crippen LogP contribution in [-0.4, -0.2) is 50.7 Å². The number of hydrogen-bond acceptors (Lipinski definition) is 8. The van der Waals surface area contributed by atoms with E-state index in [0.29, 0.717) is 22.8 Å². The number of carbonyl (C=O) groups is 3. The summed E-state index contributed by atoms with van der Waals surface area (Å²) in [5, 5.41) is 2.51. The molecule has 166 valence electrons. The van der Waals surface area contributed by atoms with E-state index in [1.807, 2.05) is 0 Å². The van der Waals surface area contributed by atoms with Gasteiger partial charge in [-0.05, 0) is 35.9 Å². The van der Waals surface area contributed by atoms with Crippen LogP contribution in [0.5, 0.6) is 17.2 Å². The highest BCUT2D eigenvalue weighted by atomic mass is 16.5. The van der Waals surface area contributed by atoms with Crippen LogP contribution >= 0.6 is 0 Å². The number of carbonyl (C=O) groups excluding carboxylic acids is 3. The van der Waals surface area contributed by atoms with Crippen LogP contribution < -0.4 is 19.5 Å². The van der Waals surface area contributed by atoms with Gasteiger partial charge in [-0.3, -0.25) is 9.69 Å². The van der Waals surface area contributed by atoms with E-state index in [9.17, 15) is 14.4 Å². The summed E-state index contributed by atoms with van der Waals surface area (Å²) in [5.74, 6) is 2.34. The highest BCUT2D eigenvalue weighted by molar-refractivity contribution is 6.13. The van der Waals surface area contributed by atoms with Gasteiger partial charge in [0.05, 0.1) is 27.9 Å². The summed E-state index contributed by atoms with van der Waals surface area (Å²) in [5.41, 5.74) is 0.555. The van der Waals surface area contributed by atoms with Crippen molar-refractivity contribution in [3.8, 4) is 29.6 Å². The number of urea groups is 1. The molecule has 0 unspecified atom stereocenters. The number of esters is 1. The van der Waals surface area contributed by atoms with E-state index in [1.165, 1.54) is 39.5 Å². The molecule has 32 heavy (non-hydrogen) atoms. The van der Waals surface area contributed by atoms with Gasteiger partial charge in [-0.15, -0.1) is 6.42 Å². The fourth-order valence-electron chi connectivity index (χ4n) is 2.95. The lowest BCUT2D eigenvalue weighted by molar-refractivity contribution is -0.123. The Hall–Kier alpha value is -4.39. The zero-order chi connectivity index (χ0) is 23.3. The Kier molecular flexibility index (Phi) is 6.70. The molecule has 3 amide bonds. The second-order valence-corrected chi connectivity index (χ2v) is 6.38. The summed E-state index contributed by atoms with van der Waals surface area (Å²) in [7, 11) is 4.12. The minimum atomic E-state index is -0.661. The van der Waals surface area contributed by atoms with Crippen LogP contribution in [0.3, 0.4) is 0 Å². The Bertz CT molecular complexity index is 1100. The predicted molar refractivity (Wildman–Crippen MR) is 111 cm³/mol. The first kappa shape index (κ1) is 22.3. The number of nitrogens with one attached hydrogen (secondary N) is 1. The van der Waals surface area contributed by atoms with Crippen molar-refractivity contribution in [2.75, 3.05) is 27.9 Å². The third kappa shape index (κ3) is 4.52. The molecule has 0 spiro atoms. The highest BCUT2D eigenvalue weighted by Gasteiger charge is 2.34. The van der Waals surface area contributed by atoms with Crippen LogP contribution in [0.15, 0.2) is 34.4 Å². The molecule has 10 heteroatoms. The molecular weight excluding hydrogens is 420 g/mol. The number of benzene rings is 1. The number of rotatable bonds is 8. The lowest BCUT2D eigenvalue weighted by Gasteiger charge is -2.14. The Morgan fingerprint density at radius 1 is 1.19 bits per heavy atom. The molecule has 1 aliphatic heterocycles. The van der Waals surface area contributed by atoms with Crippen molar-refractivity contribution in [1.29, 1.82) is 0 Å². The van der Waals surface area contributed by atoms with Gasteiger partial charge in [-0.1, -0.05) is 5.92 Å². The number of hydrogen-bond donors (Lipinski definition) is 1. The Balaban J connectivity index is 1.84. The third-order valence-electron chi connectivity index (χ3n) is 4.42. The van der Waals surface area contributed by atoms with E-state index < -0.39 is 17.9 Å². The third-order valence-corrected chi connectivity index (χ3v) is 4.42. The highest BCUT2D eigenvalue weighted by Crippen LogP contribution is 2.39. The molecule has 1 fully saturated rings. The minimum Gasteiger partial charge on any atom is -0.493 e. The molecule has 1 N–H and O–H groups in total. The summed E-state index contributed by atoms with van der Waals surface area (Å²) in [6.07, 6.45) is 6.71. The number of ether oxygens (including phenoxy) is 4. The number of furan rings is 1. The van der Waals surface area contributed by atoms with Gasteiger partial charge in [0, 0.05) is 0 Å². The molecule has 1 aliphatic rings. The molecule has 0 saturated carbocycles. The van der Waals surface area contributed by atoms with Crippen molar-refractivity contribution in [3.05, 3.63) is 47.0 Å². The number of methoxy groups -OCH3 is 3. The maximum atomic E-state index is 12.8. The first-order valence-corrected chi connectivity index (χ1v) is 9.25. The normalized spacial score (nSPS) is 14.2. The van der Waals surface area contributed by atoms with Gasteiger partial charge in [0.2, 0.25) is 11.5 Å². The van der Waals surface area contributed by atoms with Gasteiger partial charge >= 0.3 is 12.0 Å². The van der Waals surface area contributed by atoms with Gasteiger partial charge in [0.25, 0.3) is 5.91 Å². The molecular formula is C22H20N2O8. The van der Waals surface area contributed by atoms with Crippen molar-refractivity contribution < 1.29 is 37.7 Å². The summed E-state index contributed by atoms with van der Waals surface area (Å²) in [4.78, 5) is 37.6. The molecule has 10 nitrogen and oxygen atoms in total. The lowest BCUT2D eigenvalue weighted by Crippen LogP contribution is -2.30. The van der Waals surface area contributed by atoms with Gasteiger partial charge in [-0.2, -0.15) is 0 Å². The number of amides is 3. The number of nitrogens with zero attached hydrogens (tertiary/aromatic N) is 1. The number of imide groups is 1. The summed E-state index contributed by atoms with van der Waals surface area (Å²) in [6, 6.07) is 5.47. The van der Waals surface area contributed by atoms with E-state index >= 15 is 0 Å². The van der Waals surface area contributed by atoms with Crippen molar-refractivity contribution in [3.63, 3.8) is 0 Å². The molecule has 0 aliphatic carbocycles. The van der Waals surface area contributed by atoms with Crippen LogP contribution in [-0.2, 0) is 16.1 Å². The quantitative estimate of drug-likeness (QED) is 0.287. The molecule has 1 saturated heterocycles. The fourth-order valence-corrected chi connectivity index (χ4v) is 2.95. The standard InChI is InChI=1S/C22H20N2O8/c1-5-8-31-19-17(28-2)10-13(11-18(19)29-3)9-15-20(25)24(22(27)23-15)12-14-6-7-16(32-14)21(26)30-4/h1,6-7,9-11H,8,12H2,2-4H3,(H,23,27)/b15-9-. The predicted octanol–water partition coefficient (Wildman–Crippen LogP) is 2.19. The molecule has 0 bridgehead atoms. The summed E-state index contributed by atoms with van der Waals surface area (Å²) >= 11 is 0. The fraction of sp³-hybridized carbons (Fsp3) is 0.227. The van der Waals surface area contributed by atoms with E-state index in [0.717, 1.165) is 4.90 Å². The maximum Gasteiger partial charge on any atom is 0.373 e. The first-order chi connectivity index (χ1) is 15.4. The molecule has 1 aromatic carbocycles. The SMILES string of the molecule is C#CCOc1c(OC)cc(/C=C2\NC(=O)N(Cc3ccc(C(=O)OC)o3)C2=O)cc1OC. The number of terminal acetylenes is 1. The van der Waals surface area contributed by atoms with Crippen LogP contribution in [0.1, 0.15) is 21.9 Å². The van der Waals surface area contributed by atoms with Crippen molar-refractivity contribution in [1.82, 2.24) is 10.2 Å². The van der Waals surface area contributed by atoms with E-state index in [2.05, 4.69) is 16.0 Å². The van der Waals surface area contributed by atoms with Crippen LogP contribution in [0.2, 0.25) is 0 Å². The van der Waals surface area contributed by atoms with Crippen LogP contribution in [0.25, 0.3) is 6.08 Å². The van der Waals surface area contributed by atoms with Gasteiger partial charge in [0.1, 0.15) is 18.1 Å². The average Bonchev–Trinajstić information content (AvgIpc) is 3.37. The molecule has 0 atom stereocenters. The second kappa shape index (κ2) is 9.61. The van der Waals surface area contributed by atoms with Gasteiger partial charge < -0.3 is 28.7 Å². The molecule has 1 aromatic heterocycles. The Morgan fingerprint density at radius 3 is 2.47 bits per heavy atom. The Morgan fingerprint density at radius 2 is 1.88 bits per heavy atom. The smallest absolute Gasteiger partial charge is 0.373 e. The van der Waals surface area contributed by atoms with Crippen molar-refractivity contribution >= 4 is 24.0 Å². The second-order valence-electron chi connectivity index (χ2n) is 6.38. The summed E-state index contributed by atoms with van der Waals surface area (Å²) < 4.78 is 26.0. The summed E-state index contributed by atoms with van der Waals surface area (Å²) in [6.45, 7) is -0.147. The van der Waals surface area contributed by atoms with Gasteiger partial charge in [-0.25, -0.2) is 9.59 Å². The first-order valence-electron chi connectivity index (χ1n) is 9.25. The molecule has 0 radical (unpaired) electrons. The lowest BCUT2D eigenvalue weighted by atomic mass is 10.1. The zero-order valence-electron chi connectivity index (χ0n) is 17.6.